The third-order valence-corrected chi connectivity index (χ3v) is 2.66. The normalized spacial score (nSPS) is 12.9. The number of hydrogen-bond acceptors (Lipinski definition) is 1. The Labute approximate surface area is 72.5 Å². The van der Waals surface area contributed by atoms with Crippen LogP contribution in [0.5, 0.6) is 0 Å². The van der Waals surface area contributed by atoms with Crippen molar-refractivity contribution in [1.82, 2.24) is 0 Å². The summed E-state index contributed by atoms with van der Waals surface area (Å²) in [6.45, 7) is 0. The van der Waals surface area contributed by atoms with Gasteiger partial charge in [-0.25, -0.2) is 0 Å². The Balaban J connectivity index is 2.59. The molecule has 0 amide bonds. The summed E-state index contributed by atoms with van der Waals surface area (Å²) in [4.78, 5) is 1.29. The molecule has 0 atom stereocenters. The Hall–Kier alpha value is -0.300. The van der Waals surface area contributed by atoms with Crippen molar-refractivity contribution in [3.8, 4) is 0 Å². The molecular formula is C8H4BrS+. The van der Waals surface area contributed by atoms with Crippen molar-refractivity contribution in [2.75, 3.05) is 0 Å². The molecule has 1 heterocycles. The van der Waals surface area contributed by atoms with Crippen LogP contribution < -0.4 is 0 Å². The van der Waals surface area contributed by atoms with E-state index < -0.39 is 0 Å². The lowest BCUT2D eigenvalue weighted by Crippen LogP contribution is -1.72. The SMILES string of the molecule is Brc1ccc2c(c1)S[C+]=C2. The van der Waals surface area contributed by atoms with E-state index in [1.807, 2.05) is 12.1 Å². The number of fused-ring (bicyclic) bond motifs is 1. The molecule has 0 aromatic heterocycles. The molecule has 1 aromatic rings. The van der Waals surface area contributed by atoms with Gasteiger partial charge in [-0.05, 0) is 12.1 Å². The smallest absolute Gasteiger partial charge is 0.0507 e. The highest BCUT2D eigenvalue weighted by Gasteiger charge is 2.16. The Morgan fingerprint density at radius 1 is 1.40 bits per heavy atom. The molecule has 1 aliphatic rings. The van der Waals surface area contributed by atoms with Crippen molar-refractivity contribution < 1.29 is 0 Å². The van der Waals surface area contributed by atoms with E-state index in [0.29, 0.717) is 0 Å². The molecule has 0 saturated carbocycles. The van der Waals surface area contributed by atoms with Gasteiger partial charge in [0.2, 0.25) is 0 Å². The molecule has 0 N–H and O–H groups in total. The quantitative estimate of drug-likeness (QED) is 0.594. The molecule has 48 valence electrons. The zero-order valence-corrected chi connectivity index (χ0v) is 7.50. The lowest BCUT2D eigenvalue weighted by molar-refractivity contribution is 1.42. The van der Waals surface area contributed by atoms with Crippen molar-refractivity contribution in [2.24, 2.45) is 0 Å². The van der Waals surface area contributed by atoms with Gasteiger partial charge in [0.1, 0.15) is 15.9 Å². The molecular weight excluding hydrogens is 208 g/mol. The van der Waals surface area contributed by atoms with Crippen molar-refractivity contribution in [3.05, 3.63) is 33.6 Å². The standard InChI is InChI=1S/C8H4BrS/c9-7-2-1-6-3-4-10-8(6)5-7/h1-3,5H/q+1. The minimum absolute atomic E-state index is 1.14. The molecule has 10 heavy (non-hydrogen) atoms. The van der Waals surface area contributed by atoms with Crippen LogP contribution >= 0.6 is 27.7 Å². The van der Waals surface area contributed by atoms with Gasteiger partial charge < -0.3 is 0 Å². The first-order valence-electron chi connectivity index (χ1n) is 2.91. The van der Waals surface area contributed by atoms with E-state index in [1.54, 1.807) is 11.8 Å². The number of benzene rings is 1. The number of thioether (sulfide) groups is 1. The first kappa shape index (κ1) is 6.41. The second kappa shape index (κ2) is 2.39. The maximum Gasteiger partial charge on any atom is 0.177 e. The van der Waals surface area contributed by atoms with Gasteiger partial charge >= 0.3 is 0 Å². The third kappa shape index (κ3) is 0.988. The summed E-state index contributed by atoms with van der Waals surface area (Å²) in [5.74, 6) is 0. The van der Waals surface area contributed by atoms with Crippen LogP contribution in [0.15, 0.2) is 27.6 Å². The Bertz CT molecular complexity index is 291. The summed E-state index contributed by atoms with van der Waals surface area (Å²) in [6, 6.07) is 6.24. The third-order valence-electron chi connectivity index (χ3n) is 1.36. The molecule has 0 bridgehead atoms. The zero-order chi connectivity index (χ0) is 6.97. The average molecular weight is 212 g/mol. The molecule has 0 fully saturated rings. The molecule has 1 aromatic carbocycles. The van der Waals surface area contributed by atoms with Crippen LogP contribution in [0.4, 0.5) is 0 Å². The predicted octanol–water partition coefficient (Wildman–Crippen LogP) is 3.33. The minimum atomic E-state index is 1.14. The second-order valence-electron chi connectivity index (χ2n) is 2.05. The Kier molecular flexibility index (Phi) is 1.53. The number of hydrogen-bond donors (Lipinski definition) is 0. The van der Waals surface area contributed by atoms with Crippen LogP contribution in [0.2, 0.25) is 0 Å². The topological polar surface area (TPSA) is 0 Å². The second-order valence-corrected chi connectivity index (χ2v) is 3.84. The molecule has 0 nitrogen and oxygen atoms in total. The van der Waals surface area contributed by atoms with E-state index in [9.17, 15) is 0 Å². The summed E-state index contributed by atoms with van der Waals surface area (Å²) >= 11 is 5.06. The highest BCUT2D eigenvalue weighted by molar-refractivity contribution is 9.10. The summed E-state index contributed by atoms with van der Waals surface area (Å²) in [5.41, 5.74) is 1.27. The van der Waals surface area contributed by atoms with Gasteiger partial charge in [0, 0.05) is 10.5 Å². The fourth-order valence-electron chi connectivity index (χ4n) is 0.872. The molecule has 0 radical (unpaired) electrons. The summed E-state index contributed by atoms with van der Waals surface area (Å²) in [6.07, 6.45) is 2.01. The van der Waals surface area contributed by atoms with Crippen LogP contribution in [0, 0.1) is 5.41 Å². The number of rotatable bonds is 0. The average Bonchev–Trinajstić information content (AvgIpc) is 2.33. The van der Waals surface area contributed by atoms with E-state index >= 15 is 0 Å². The zero-order valence-electron chi connectivity index (χ0n) is 5.10. The first-order chi connectivity index (χ1) is 4.86. The van der Waals surface area contributed by atoms with Gasteiger partial charge in [-0.1, -0.05) is 15.9 Å². The maximum atomic E-state index is 3.41. The van der Waals surface area contributed by atoms with Crippen LogP contribution in [0.1, 0.15) is 5.56 Å². The van der Waals surface area contributed by atoms with Crippen LogP contribution in [-0.2, 0) is 0 Å². The molecule has 2 rings (SSSR count). The van der Waals surface area contributed by atoms with Gasteiger partial charge in [-0.15, -0.1) is 0 Å². The summed E-state index contributed by atoms with van der Waals surface area (Å²) in [5, 5.41) is 3.09. The van der Waals surface area contributed by atoms with E-state index in [0.717, 1.165) is 4.47 Å². The molecule has 0 spiro atoms. The largest absolute Gasteiger partial charge is 0.177 e. The van der Waals surface area contributed by atoms with Crippen molar-refractivity contribution in [3.63, 3.8) is 0 Å². The van der Waals surface area contributed by atoms with E-state index in [4.69, 9.17) is 0 Å². The molecule has 1 aliphatic heterocycles. The molecule has 0 saturated heterocycles. The van der Waals surface area contributed by atoms with E-state index in [1.165, 1.54) is 10.5 Å². The molecule has 2 heteroatoms. The van der Waals surface area contributed by atoms with Crippen molar-refractivity contribution in [1.29, 1.82) is 0 Å². The fourth-order valence-corrected chi connectivity index (χ4v) is 2.13. The lowest BCUT2D eigenvalue weighted by atomic mass is 10.2. The monoisotopic (exact) mass is 211 g/mol. The van der Waals surface area contributed by atoms with Gasteiger partial charge in [-0.3, -0.25) is 0 Å². The Morgan fingerprint density at radius 2 is 2.30 bits per heavy atom. The summed E-state index contributed by atoms with van der Waals surface area (Å²) < 4.78 is 1.14. The van der Waals surface area contributed by atoms with Crippen molar-refractivity contribution >= 4 is 33.8 Å². The predicted molar refractivity (Wildman–Crippen MR) is 47.7 cm³/mol. The van der Waals surface area contributed by atoms with E-state index in [2.05, 4.69) is 33.5 Å². The van der Waals surface area contributed by atoms with Crippen LogP contribution in [-0.4, -0.2) is 0 Å². The highest BCUT2D eigenvalue weighted by atomic mass is 79.9. The van der Waals surface area contributed by atoms with Gasteiger partial charge in [-0.2, -0.15) is 0 Å². The van der Waals surface area contributed by atoms with Gasteiger partial charge in [0.05, 0.1) is 11.8 Å². The summed E-state index contributed by atoms with van der Waals surface area (Å²) in [7, 11) is 0. The van der Waals surface area contributed by atoms with Crippen molar-refractivity contribution in [2.45, 2.75) is 4.90 Å². The van der Waals surface area contributed by atoms with Crippen LogP contribution in [0.25, 0.3) is 6.08 Å². The fraction of sp³-hybridized carbons (Fsp3) is 0. The molecule has 0 unspecified atom stereocenters. The van der Waals surface area contributed by atoms with Crippen LogP contribution in [0.3, 0.4) is 0 Å². The lowest BCUT2D eigenvalue weighted by Gasteiger charge is -1.87. The maximum absolute atomic E-state index is 3.41. The van der Waals surface area contributed by atoms with Gasteiger partial charge in [0.15, 0.2) is 6.08 Å². The Morgan fingerprint density at radius 3 is 3.20 bits per heavy atom. The number of halogens is 1. The molecule has 0 aliphatic carbocycles. The van der Waals surface area contributed by atoms with E-state index in [-0.39, 0.29) is 0 Å². The van der Waals surface area contributed by atoms with Gasteiger partial charge in [0.25, 0.3) is 0 Å². The highest BCUT2D eigenvalue weighted by Crippen LogP contribution is 2.33. The first-order valence-corrected chi connectivity index (χ1v) is 4.52. The minimum Gasteiger partial charge on any atom is -0.0507 e.